The zero-order valence-corrected chi connectivity index (χ0v) is 12.4. The predicted molar refractivity (Wildman–Crippen MR) is 81.8 cm³/mol. The first-order valence-electron chi connectivity index (χ1n) is 6.97. The summed E-state index contributed by atoms with van der Waals surface area (Å²) in [6.07, 6.45) is 2.17. The number of halogens is 1. The lowest BCUT2D eigenvalue weighted by Gasteiger charge is -2.34. The molecule has 3 nitrogen and oxygen atoms in total. The number of nitrogens with zero attached hydrogens (tertiary/aromatic N) is 2. The van der Waals surface area contributed by atoms with Gasteiger partial charge in [-0.3, -0.25) is 0 Å². The van der Waals surface area contributed by atoms with E-state index in [0.717, 1.165) is 31.0 Å². The Kier molecular flexibility index (Phi) is 4.70. The van der Waals surface area contributed by atoms with Crippen molar-refractivity contribution in [1.82, 2.24) is 4.90 Å². The molecule has 0 unspecified atom stereocenters. The van der Waals surface area contributed by atoms with Gasteiger partial charge in [-0.2, -0.15) is 0 Å². The van der Waals surface area contributed by atoms with Crippen molar-refractivity contribution >= 4 is 17.6 Å². The standard InChI is InChI=1S/C15H22ClN3/c1-3-19(4-2)15(17)18-14-9-12(10-14)11-5-7-13(16)8-6-11/h5-8,12,14H,3-4,9-10H2,1-2H3,(H2,17,18). The summed E-state index contributed by atoms with van der Waals surface area (Å²) < 4.78 is 0. The Hall–Kier alpha value is -1.22. The maximum Gasteiger partial charge on any atom is 0.191 e. The Morgan fingerprint density at radius 3 is 2.37 bits per heavy atom. The Bertz CT molecular complexity index is 431. The first-order chi connectivity index (χ1) is 9.13. The van der Waals surface area contributed by atoms with Gasteiger partial charge in [0.15, 0.2) is 5.96 Å². The molecule has 0 saturated heterocycles. The lowest BCUT2D eigenvalue weighted by Crippen LogP contribution is -2.39. The summed E-state index contributed by atoms with van der Waals surface area (Å²) >= 11 is 5.90. The van der Waals surface area contributed by atoms with Crippen LogP contribution >= 0.6 is 11.6 Å². The number of nitrogens with two attached hydrogens (primary N) is 1. The summed E-state index contributed by atoms with van der Waals surface area (Å²) in [5.41, 5.74) is 7.37. The van der Waals surface area contributed by atoms with Crippen LogP contribution < -0.4 is 5.73 Å². The molecule has 0 spiro atoms. The zero-order valence-electron chi connectivity index (χ0n) is 11.6. The van der Waals surface area contributed by atoms with Crippen molar-refractivity contribution in [3.8, 4) is 0 Å². The average Bonchev–Trinajstić information content (AvgIpc) is 2.36. The summed E-state index contributed by atoms with van der Waals surface area (Å²) in [4.78, 5) is 6.70. The second-order valence-corrected chi connectivity index (χ2v) is 5.47. The smallest absolute Gasteiger partial charge is 0.191 e. The van der Waals surface area contributed by atoms with Crippen molar-refractivity contribution in [2.45, 2.75) is 38.6 Å². The molecule has 1 aromatic rings. The molecular weight excluding hydrogens is 258 g/mol. The van der Waals surface area contributed by atoms with E-state index in [4.69, 9.17) is 17.3 Å². The van der Waals surface area contributed by atoms with Gasteiger partial charge < -0.3 is 10.6 Å². The van der Waals surface area contributed by atoms with Gasteiger partial charge in [0.1, 0.15) is 0 Å². The lowest BCUT2D eigenvalue weighted by molar-refractivity contribution is 0.346. The van der Waals surface area contributed by atoms with E-state index >= 15 is 0 Å². The Labute approximate surface area is 120 Å². The van der Waals surface area contributed by atoms with Gasteiger partial charge in [0.25, 0.3) is 0 Å². The molecule has 104 valence electrons. The van der Waals surface area contributed by atoms with Gasteiger partial charge in [-0.05, 0) is 50.3 Å². The molecule has 0 heterocycles. The summed E-state index contributed by atoms with van der Waals surface area (Å²) in [5.74, 6) is 1.29. The summed E-state index contributed by atoms with van der Waals surface area (Å²) in [5, 5.41) is 0.795. The SMILES string of the molecule is CCN(CC)C(N)=NC1CC(c2ccc(Cl)cc2)C1. The summed E-state index contributed by atoms with van der Waals surface area (Å²) in [6.45, 7) is 6.03. The van der Waals surface area contributed by atoms with E-state index in [2.05, 4.69) is 35.9 Å². The van der Waals surface area contributed by atoms with Gasteiger partial charge in [-0.1, -0.05) is 23.7 Å². The molecule has 1 aliphatic carbocycles. The van der Waals surface area contributed by atoms with Gasteiger partial charge in [0, 0.05) is 18.1 Å². The van der Waals surface area contributed by atoms with Crippen molar-refractivity contribution in [2.75, 3.05) is 13.1 Å². The highest BCUT2D eigenvalue weighted by atomic mass is 35.5. The highest BCUT2D eigenvalue weighted by molar-refractivity contribution is 6.30. The number of benzene rings is 1. The topological polar surface area (TPSA) is 41.6 Å². The van der Waals surface area contributed by atoms with E-state index in [-0.39, 0.29) is 0 Å². The first-order valence-corrected chi connectivity index (χ1v) is 7.35. The molecule has 1 aromatic carbocycles. The largest absolute Gasteiger partial charge is 0.370 e. The molecule has 1 aliphatic rings. The van der Waals surface area contributed by atoms with Gasteiger partial charge in [0.2, 0.25) is 0 Å². The minimum absolute atomic E-state index is 0.376. The van der Waals surface area contributed by atoms with Crippen molar-refractivity contribution in [3.05, 3.63) is 34.9 Å². The Morgan fingerprint density at radius 1 is 1.26 bits per heavy atom. The van der Waals surface area contributed by atoms with Crippen molar-refractivity contribution in [3.63, 3.8) is 0 Å². The average molecular weight is 280 g/mol. The third-order valence-electron chi connectivity index (χ3n) is 3.86. The Balaban J connectivity index is 1.89. The maximum absolute atomic E-state index is 6.01. The summed E-state index contributed by atoms with van der Waals surface area (Å²) in [6, 6.07) is 8.51. The van der Waals surface area contributed by atoms with Gasteiger partial charge >= 0.3 is 0 Å². The fraction of sp³-hybridized carbons (Fsp3) is 0.533. The molecule has 19 heavy (non-hydrogen) atoms. The number of hydrogen-bond acceptors (Lipinski definition) is 1. The second kappa shape index (κ2) is 6.29. The van der Waals surface area contributed by atoms with Crippen molar-refractivity contribution < 1.29 is 0 Å². The highest BCUT2D eigenvalue weighted by Crippen LogP contribution is 2.39. The van der Waals surface area contributed by atoms with Crippen LogP contribution in [0.2, 0.25) is 5.02 Å². The number of hydrogen-bond donors (Lipinski definition) is 1. The monoisotopic (exact) mass is 279 g/mol. The minimum atomic E-state index is 0.376. The van der Waals surface area contributed by atoms with E-state index in [1.54, 1.807) is 0 Å². The molecule has 0 radical (unpaired) electrons. The Morgan fingerprint density at radius 2 is 1.84 bits per heavy atom. The highest BCUT2D eigenvalue weighted by Gasteiger charge is 2.30. The van der Waals surface area contributed by atoms with Gasteiger partial charge in [-0.25, -0.2) is 4.99 Å². The van der Waals surface area contributed by atoms with Gasteiger partial charge in [-0.15, -0.1) is 0 Å². The first kappa shape index (κ1) is 14.2. The number of aliphatic imine (C=N–C) groups is 1. The van der Waals surface area contributed by atoms with E-state index in [0.29, 0.717) is 17.9 Å². The second-order valence-electron chi connectivity index (χ2n) is 5.03. The fourth-order valence-electron chi connectivity index (χ4n) is 2.52. The molecule has 2 rings (SSSR count). The van der Waals surface area contributed by atoms with Crippen molar-refractivity contribution in [1.29, 1.82) is 0 Å². The third-order valence-corrected chi connectivity index (χ3v) is 4.11. The maximum atomic E-state index is 6.01. The molecule has 1 saturated carbocycles. The molecule has 0 aromatic heterocycles. The van der Waals surface area contributed by atoms with E-state index in [1.807, 2.05) is 12.1 Å². The molecule has 0 atom stereocenters. The van der Waals surface area contributed by atoms with Gasteiger partial charge in [0.05, 0.1) is 6.04 Å². The fourth-order valence-corrected chi connectivity index (χ4v) is 2.64. The van der Waals surface area contributed by atoms with Crippen LogP contribution in [0.1, 0.15) is 38.2 Å². The van der Waals surface area contributed by atoms with E-state index in [1.165, 1.54) is 5.56 Å². The van der Waals surface area contributed by atoms with Crippen LogP contribution in [0.5, 0.6) is 0 Å². The van der Waals surface area contributed by atoms with Crippen LogP contribution in [0, 0.1) is 0 Å². The van der Waals surface area contributed by atoms with Crippen LogP contribution in [-0.2, 0) is 0 Å². The predicted octanol–water partition coefficient (Wildman–Crippen LogP) is 3.24. The third kappa shape index (κ3) is 3.41. The quantitative estimate of drug-likeness (QED) is 0.679. The minimum Gasteiger partial charge on any atom is -0.370 e. The normalized spacial score (nSPS) is 23.0. The molecule has 0 amide bonds. The van der Waals surface area contributed by atoms with Crippen LogP contribution in [0.4, 0.5) is 0 Å². The molecule has 2 N–H and O–H groups in total. The molecule has 0 bridgehead atoms. The van der Waals surface area contributed by atoms with E-state index in [9.17, 15) is 0 Å². The molecular formula is C15H22ClN3. The molecule has 0 aliphatic heterocycles. The number of rotatable bonds is 4. The van der Waals surface area contributed by atoms with Crippen LogP contribution in [0.25, 0.3) is 0 Å². The number of guanidine groups is 1. The lowest BCUT2D eigenvalue weighted by atomic mass is 9.76. The van der Waals surface area contributed by atoms with Crippen LogP contribution in [0.15, 0.2) is 29.3 Å². The van der Waals surface area contributed by atoms with Crippen LogP contribution in [-0.4, -0.2) is 30.0 Å². The summed E-state index contributed by atoms with van der Waals surface area (Å²) in [7, 11) is 0. The molecule has 1 fully saturated rings. The van der Waals surface area contributed by atoms with E-state index < -0.39 is 0 Å². The van der Waals surface area contributed by atoms with Crippen molar-refractivity contribution in [2.24, 2.45) is 10.7 Å². The van der Waals surface area contributed by atoms with Crippen LogP contribution in [0.3, 0.4) is 0 Å². The molecule has 4 heteroatoms. The zero-order chi connectivity index (χ0) is 13.8.